The number of nitrogens with zero attached hydrogens (tertiary/aromatic N) is 19. The van der Waals surface area contributed by atoms with Gasteiger partial charge in [0.05, 0.1) is 36.7 Å². The minimum Gasteiger partial charge on any atom is -0.463 e. The first kappa shape index (κ1) is 56.5. The molecule has 38 heteroatoms. The number of hydrogen-bond donors (Lipinski definition) is 1. The fraction of sp³-hybridized carbons (Fsp3) is 0.378. The molecule has 0 aliphatic heterocycles. The third-order valence-corrected chi connectivity index (χ3v) is 11.0. The normalized spacial score (nSPS) is 12.3. The molecule has 0 spiro atoms. The van der Waals surface area contributed by atoms with Crippen molar-refractivity contribution in [2.75, 3.05) is 39.8 Å². The maximum atomic E-state index is 13.0. The molecule has 75 heavy (non-hydrogen) atoms. The third kappa shape index (κ3) is 15.8. The zero-order valence-electron chi connectivity index (χ0n) is 38.8. The van der Waals surface area contributed by atoms with E-state index in [9.17, 15) is 67.2 Å². The van der Waals surface area contributed by atoms with Crippen molar-refractivity contribution in [3.8, 4) is 0 Å². The molecule has 0 fully saturated rings. The van der Waals surface area contributed by atoms with Crippen molar-refractivity contribution in [2.24, 2.45) is 0 Å². The highest BCUT2D eigenvalue weighted by molar-refractivity contribution is 7.87. The zero-order valence-corrected chi connectivity index (χ0v) is 39.7. The molecule has 0 saturated carbocycles. The Morgan fingerprint density at radius 1 is 0.613 bits per heavy atom. The number of imidazole rings is 3. The Balaban J connectivity index is 0.000000220. The lowest BCUT2D eigenvalue weighted by Gasteiger charge is -2.16. The lowest BCUT2D eigenvalue weighted by molar-refractivity contribution is -0.396. The number of carbonyl (C=O) groups is 2. The molecule has 0 aliphatic carbocycles. The fourth-order valence-electron chi connectivity index (χ4n) is 6.08. The quantitative estimate of drug-likeness (QED) is 0.0385. The van der Waals surface area contributed by atoms with Crippen molar-refractivity contribution in [2.45, 2.75) is 56.5 Å². The second-order valence-electron chi connectivity index (χ2n) is 14.9. The van der Waals surface area contributed by atoms with Gasteiger partial charge in [-0.3, -0.25) is 23.9 Å². The van der Waals surface area contributed by atoms with Crippen molar-refractivity contribution >= 4 is 45.6 Å². The molecule has 400 valence electrons. The van der Waals surface area contributed by atoms with Gasteiger partial charge in [0, 0.05) is 19.9 Å². The molecule has 6 heterocycles. The topological polar surface area (TPSA) is 434 Å². The summed E-state index contributed by atoms with van der Waals surface area (Å²) < 4.78 is 72.8. The summed E-state index contributed by atoms with van der Waals surface area (Å²) in [6, 6.07) is 2.09. The van der Waals surface area contributed by atoms with Crippen LogP contribution in [-0.4, -0.2) is 159 Å². The second-order valence-corrected chi connectivity index (χ2v) is 16.5. The minimum atomic E-state index is -4.56. The lowest BCUT2D eigenvalue weighted by Crippen LogP contribution is -2.24. The van der Waals surface area contributed by atoms with Crippen LogP contribution in [0, 0.1) is 40.5 Å². The van der Waals surface area contributed by atoms with Gasteiger partial charge in [0.25, 0.3) is 5.69 Å². The molecule has 0 bridgehead atoms. The van der Waals surface area contributed by atoms with Crippen LogP contribution in [0.1, 0.15) is 49.1 Å². The van der Waals surface area contributed by atoms with E-state index >= 15 is 0 Å². The number of rotatable bonds is 24. The monoisotopic (exact) mass is 1080 g/mol. The van der Waals surface area contributed by atoms with Crippen LogP contribution in [0.3, 0.4) is 0 Å². The van der Waals surface area contributed by atoms with Gasteiger partial charge in [0.1, 0.15) is 119 Å². The standard InChI is InChI=1S/C17H17N7O9S.C11H13FN6O4.C9H11FN6O3/c1-12(25)32-10-14(11-33-34(30,31)16-5-3-2-4-15(16)23(26)27)22-9-13(19-20-22)8-21-7-6-18-17(21)24(28)29;1-8(19)22-7-10(4-12)17-6-9(14-15-17)5-16-3-2-13-11(16)18(20)21;10-3-8(6-17)15-5-7(12-13-15)4-14-2-1-11-9(14)16(18)19/h2-7,9,14H,8,10-11H2,1H3;2-3,6,10H,4-5,7H2,1H3;1-2,5,8,17H,3-4,6H2/i;12-1;10-1. The molecular weight excluding hydrogens is 1030 g/mol. The van der Waals surface area contributed by atoms with Gasteiger partial charge in [0.15, 0.2) is 4.90 Å². The first-order chi connectivity index (χ1) is 35.7. The van der Waals surface area contributed by atoms with Crippen LogP contribution in [0.25, 0.3) is 0 Å². The second kappa shape index (κ2) is 26.3. The van der Waals surface area contributed by atoms with Crippen molar-refractivity contribution in [3.63, 3.8) is 0 Å². The Morgan fingerprint density at radius 2 is 1.00 bits per heavy atom. The summed E-state index contributed by atoms with van der Waals surface area (Å²) in [7, 11) is -4.56. The van der Waals surface area contributed by atoms with Gasteiger partial charge >= 0.3 is 39.9 Å². The number of carbonyl (C=O) groups excluding carboxylic acids is 2. The van der Waals surface area contributed by atoms with Crippen LogP contribution in [0.4, 0.5) is 32.3 Å². The molecule has 1 aromatic carbocycles. The number of benzene rings is 1. The molecule has 3 unspecified atom stereocenters. The number of nitro benzene ring substituents is 1. The van der Waals surface area contributed by atoms with Crippen LogP contribution in [-0.2, 0) is 53.0 Å². The SMILES string of the molecule is CC(=O)OCC(COS(=O)(=O)c1ccccc1[N+](=O)[O-])n1cc(Cn2ccnc2[N+](=O)[O-])nn1.CC(=O)OCC(C[18F])n1cc(Cn2ccnc2[N+](=O)[O-])nn1.O=[N+]([O-])c1nccn1Cc1cn(C(CO)C[18F])nn1. The zero-order chi connectivity index (χ0) is 54.8. The number of halogens is 2. The predicted molar refractivity (Wildman–Crippen MR) is 240 cm³/mol. The molecule has 0 aliphatic rings. The molecular formula is C37H41F2N19O16S. The maximum absolute atomic E-state index is 13.0. The van der Waals surface area contributed by atoms with E-state index in [2.05, 4.69) is 45.9 Å². The van der Waals surface area contributed by atoms with Crippen molar-refractivity contribution in [3.05, 3.63) is 138 Å². The van der Waals surface area contributed by atoms with Gasteiger partial charge in [0.2, 0.25) is 0 Å². The van der Waals surface area contributed by atoms with E-state index in [4.69, 9.17) is 18.8 Å². The number of aromatic nitrogens is 15. The molecule has 1 N–H and O–H groups in total. The van der Waals surface area contributed by atoms with E-state index in [1.54, 1.807) is 0 Å². The molecule has 7 aromatic rings. The van der Waals surface area contributed by atoms with E-state index in [1.165, 1.54) is 97.9 Å². The predicted octanol–water partition coefficient (Wildman–Crippen LogP) is 1.29. The van der Waals surface area contributed by atoms with Gasteiger partial charge in [-0.25, -0.2) is 36.5 Å². The third-order valence-electron chi connectivity index (χ3n) is 9.63. The highest BCUT2D eigenvalue weighted by Gasteiger charge is 2.29. The smallest absolute Gasteiger partial charge is 0.434 e. The van der Waals surface area contributed by atoms with Crippen LogP contribution < -0.4 is 0 Å². The van der Waals surface area contributed by atoms with Crippen LogP contribution in [0.15, 0.2) is 84.9 Å². The van der Waals surface area contributed by atoms with Crippen molar-refractivity contribution in [1.29, 1.82) is 0 Å². The minimum absolute atomic E-state index is 0.0635. The fourth-order valence-corrected chi connectivity index (χ4v) is 7.19. The van der Waals surface area contributed by atoms with Gasteiger partial charge < -0.3 is 44.9 Å². The van der Waals surface area contributed by atoms with Crippen LogP contribution in [0.2, 0.25) is 0 Å². The Kier molecular flexibility index (Phi) is 19.8. The Labute approximate surface area is 417 Å². The van der Waals surface area contributed by atoms with Gasteiger partial charge in [-0.1, -0.05) is 42.7 Å². The summed E-state index contributed by atoms with van der Waals surface area (Å²) in [5.41, 5.74) is 0.398. The first-order valence-electron chi connectivity index (χ1n) is 21.1. The molecule has 7 rings (SSSR count). The van der Waals surface area contributed by atoms with Crippen LogP contribution in [0.5, 0.6) is 0 Å². The first-order valence-corrected chi connectivity index (χ1v) is 22.5. The van der Waals surface area contributed by atoms with Crippen molar-refractivity contribution in [1.82, 2.24) is 73.6 Å². The van der Waals surface area contributed by atoms with Crippen molar-refractivity contribution < 1.29 is 65.2 Å². The molecule has 0 saturated heterocycles. The maximum Gasteiger partial charge on any atom is 0.434 e. The molecule has 6 aromatic heterocycles. The Hall–Kier alpha value is -9.46. The van der Waals surface area contributed by atoms with E-state index in [-0.39, 0.29) is 50.4 Å². The Morgan fingerprint density at radius 3 is 1.37 bits per heavy atom. The summed E-state index contributed by atoms with van der Waals surface area (Å²) >= 11 is 0. The number of hydrogen-bond acceptors (Lipinski definition) is 25. The van der Waals surface area contributed by atoms with Gasteiger partial charge in [-0.05, 0) is 20.8 Å². The summed E-state index contributed by atoms with van der Waals surface area (Å²) in [6.45, 7) is -0.607. The number of aliphatic hydroxyl groups excluding tert-OH is 1. The highest BCUT2D eigenvalue weighted by Crippen LogP contribution is 2.26. The summed E-state index contributed by atoms with van der Waals surface area (Å²) in [5.74, 6) is -2.21. The number of alkyl halides is 2. The highest BCUT2D eigenvalue weighted by atomic mass is 32.2. The largest absolute Gasteiger partial charge is 0.463 e. The average molecular weight is 1080 g/mol. The van der Waals surface area contributed by atoms with Crippen LogP contribution >= 0.6 is 0 Å². The summed E-state index contributed by atoms with van der Waals surface area (Å²) in [4.78, 5) is 73.1. The number of para-hydroxylation sites is 1. The van der Waals surface area contributed by atoms with E-state index in [0.29, 0.717) is 11.4 Å². The number of esters is 2. The number of aliphatic hydroxyl groups is 1. The van der Waals surface area contributed by atoms with E-state index < -0.39 is 103 Å². The summed E-state index contributed by atoms with van der Waals surface area (Å²) in [5, 5.41) is 75.3. The number of ether oxygens (including phenoxy) is 2. The van der Waals surface area contributed by atoms with Gasteiger partial charge in [-0.2, -0.15) is 8.42 Å². The Bertz CT molecular complexity index is 3190. The van der Waals surface area contributed by atoms with E-state index in [1.807, 2.05) is 0 Å². The van der Waals surface area contributed by atoms with E-state index in [0.717, 1.165) is 23.7 Å². The molecule has 35 nitrogen and oxygen atoms in total. The number of nitro groups is 4. The summed E-state index contributed by atoms with van der Waals surface area (Å²) in [6.07, 6.45) is 12.3. The lowest BCUT2D eigenvalue weighted by atomic mass is 10.3. The molecule has 3 atom stereocenters. The van der Waals surface area contributed by atoms with Gasteiger partial charge in [-0.15, -0.1) is 15.3 Å². The molecule has 0 amide bonds. The molecule has 0 radical (unpaired) electrons. The average Bonchev–Trinajstić information content (AvgIpc) is 4.24.